The minimum absolute atomic E-state index is 0.490. The molecular weight excluding hydrogens is 329 g/mol. The van der Waals surface area contributed by atoms with Crippen molar-refractivity contribution >= 4 is 29.0 Å². The van der Waals surface area contributed by atoms with Gasteiger partial charge in [-0.2, -0.15) is 0 Å². The molecular formula is C17H14Cl2F2O. The van der Waals surface area contributed by atoms with Crippen molar-refractivity contribution in [2.24, 2.45) is 0 Å². The molecule has 0 spiro atoms. The van der Waals surface area contributed by atoms with Gasteiger partial charge in [-0.15, -0.1) is 0 Å². The second-order valence-corrected chi connectivity index (χ2v) is 5.79. The van der Waals surface area contributed by atoms with Gasteiger partial charge in [0.15, 0.2) is 5.78 Å². The summed E-state index contributed by atoms with van der Waals surface area (Å²) in [4.78, 5) is 12.5. The minimum Gasteiger partial charge on any atom is -0.298 e. The molecule has 0 fully saturated rings. The molecule has 0 saturated carbocycles. The number of Topliss-reactive ketones (excluding diaryl/α,β-unsaturated/α-hetero) is 1. The van der Waals surface area contributed by atoms with E-state index in [1.54, 1.807) is 48.5 Å². The first kappa shape index (κ1) is 16.9. The largest absolute Gasteiger partial charge is 0.298 e. The molecule has 0 aliphatic rings. The van der Waals surface area contributed by atoms with E-state index >= 15 is 0 Å². The molecule has 2 aromatic carbocycles. The number of rotatable bonds is 6. The molecule has 0 N–H and O–H groups in total. The van der Waals surface area contributed by atoms with Gasteiger partial charge >= 0.3 is 0 Å². The van der Waals surface area contributed by atoms with Gasteiger partial charge in [0.1, 0.15) is 13.3 Å². The maximum atomic E-state index is 13.4. The fourth-order valence-corrected chi connectivity index (χ4v) is 2.54. The molecule has 0 bridgehead atoms. The van der Waals surface area contributed by atoms with Crippen LogP contribution in [0, 0.1) is 0 Å². The summed E-state index contributed by atoms with van der Waals surface area (Å²) in [5.74, 6) is -2.50. The fraction of sp³-hybridized carbons (Fsp3) is 0.235. The van der Waals surface area contributed by atoms with Gasteiger partial charge in [0.25, 0.3) is 0 Å². The lowest BCUT2D eigenvalue weighted by atomic mass is 9.85. The Morgan fingerprint density at radius 1 is 0.773 bits per heavy atom. The smallest absolute Gasteiger partial charge is 0.153 e. The van der Waals surface area contributed by atoms with Crippen molar-refractivity contribution in [1.82, 2.24) is 0 Å². The van der Waals surface area contributed by atoms with E-state index in [4.69, 9.17) is 23.2 Å². The van der Waals surface area contributed by atoms with Crippen LogP contribution >= 0.6 is 23.2 Å². The molecule has 0 amide bonds. The van der Waals surface area contributed by atoms with Gasteiger partial charge in [-0.3, -0.25) is 4.79 Å². The lowest BCUT2D eigenvalue weighted by Crippen LogP contribution is -2.23. The van der Waals surface area contributed by atoms with Crippen molar-refractivity contribution in [3.63, 3.8) is 0 Å². The Morgan fingerprint density at radius 3 is 1.36 bits per heavy atom. The number of carbonyl (C=O) groups is 1. The van der Waals surface area contributed by atoms with Crippen molar-refractivity contribution in [3.8, 4) is 0 Å². The van der Waals surface area contributed by atoms with Crippen molar-refractivity contribution in [2.75, 3.05) is 13.3 Å². The van der Waals surface area contributed by atoms with E-state index < -0.39 is 31.0 Å². The number of hydrogen-bond acceptors (Lipinski definition) is 1. The molecule has 1 nitrogen and oxygen atoms in total. The molecule has 0 radical (unpaired) electrons. The van der Waals surface area contributed by atoms with Crippen LogP contribution in [0.3, 0.4) is 0 Å². The maximum absolute atomic E-state index is 13.4. The Morgan fingerprint density at radius 2 is 1.09 bits per heavy atom. The molecule has 0 heterocycles. The summed E-state index contributed by atoms with van der Waals surface area (Å²) in [5.41, 5.74) is 0.980. The normalized spacial score (nSPS) is 13.6. The van der Waals surface area contributed by atoms with Crippen LogP contribution < -0.4 is 0 Å². The van der Waals surface area contributed by atoms with Crippen molar-refractivity contribution in [3.05, 3.63) is 69.7 Å². The predicted octanol–water partition coefficient (Wildman–Crippen LogP) is 5.37. The van der Waals surface area contributed by atoms with E-state index in [1.165, 1.54) is 0 Å². The summed E-state index contributed by atoms with van der Waals surface area (Å²) >= 11 is 11.6. The summed E-state index contributed by atoms with van der Waals surface area (Å²) in [7, 11) is 0. The van der Waals surface area contributed by atoms with E-state index in [1.807, 2.05) is 0 Å². The maximum Gasteiger partial charge on any atom is 0.153 e. The van der Waals surface area contributed by atoms with Gasteiger partial charge in [-0.05, 0) is 35.4 Å². The summed E-state index contributed by atoms with van der Waals surface area (Å²) in [6.07, 6.45) is 0. The van der Waals surface area contributed by atoms with Gasteiger partial charge in [-0.1, -0.05) is 47.5 Å². The summed E-state index contributed by atoms with van der Waals surface area (Å²) in [5, 5.41) is 0.988. The average molecular weight is 343 g/mol. The van der Waals surface area contributed by atoms with Crippen LogP contribution in [0.1, 0.15) is 23.0 Å². The molecule has 5 heteroatoms. The number of hydrogen-bond donors (Lipinski definition) is 0. The van der Waals surface area contributed by atoms with Gasteiger partial charge in [0.05, 0.1) is 11.8 Å². The number of carbonyl (C=O) groups excluding carboxylic acids is 1. The Labute approximate surface area is 137 Å². The van der Waals surface area contributed by atoms with Crippen LogP contribution in [0.4, 0.5) is 8.78 Å². The third-order valence-corrected chi connectivity index (χ3v) is 4.04. The topological polar surface area (TPSA) is 17.1 Å². The molecule has 0 aromatic heterocycles. The van der Waals surface area contributed by atoms with Gasteiger partial charge in [-0.25, -0.2) is 8.78 Å². The van der Waals surface area contributed by atoms with Crippen LogP contribution in [0.25, 0.3) is 0 Å². The zero-order valence-electron chi connectivity index (χ0n) is 11.6. The van der Waals surface area contributed by atoms with Crippen molar-refractivity contribution in [1.29, 1.82) is 0 Å². The monoisotopic (exact) mass is 342 g/mol. The van der Waals surface area contributed by atoms with E-state index in [0.717, 1.165) is 0 Å². The Hall–Kier alpha value is -1.45. The lowest BCUT2D eigenvalue weighted by molar-refractivity contribution is -0.122. The molecule has 116 valence electrons. The molecule has 2 rings (SSSR count). The minimum atomic E-state index is -1.01. The van der Waals surface area contributed by atoms with Gasteiger partial charge < -0.3 is 0 Å². The molecule has 0 aliphatic heterocycles. The van der Waals surface area contributed by atoms with E-state index in [9.17, 15) is 13.6 Å². The first-order chi connectivity index (χ1) is 10.6. The van der Waals surface area contributed by atoms with E-state index in [-0.39, 0.29) is 0 Å². The second kappa shape index (κ2) is 7.70. The standard InChI is InChI=1S/C17H14Cl2F2O/c18-13-5-1-11(2-6-13)15(9-20)17(22)16(10-21)12-3-7-14(19)8-4-12/h1-8,15-16H,9-10H2. The van der Waals surface area contributed by atoms with Crippen LogP contribution in [0.2, 0.25) is 10.0 Å². The van der Waals surface area contributed by atoms with Crippen LogP contribution in [-0.2, 0) is 4.79 Å². The highest BCUT2D eigenvalue weighted by Crippen LogP contribution is 2.29. The Bertz CT molecular complexity index is 571. The quantitative estimate of drug-likeness (QED) is 0.689. The third kappa shape index (κ3) is 3.84. The molecule has 0 saturated heterocycles. The number of benzene rings is 2. The van der Waals surface area contributed by atoms with Crippen LogP contribution in [0.5, 0.6) is 0 Å². The molecule has 22 heavy (non-hydrogen) atoms. The first-order valence-corrected chi connectivity index (χ1v) is 7.49. The zero-order valence-corrected chi connectivity index (χ0v) is 13.1. The highest BCUT2D eigenvalue weighted by atomic mass is 35.5. The first-order valence-electron chi connectivity index (χ1n) is 6.73. The number of halogens is 4. The van der Waals surface area contributed by atoms with Gasteiger partial charge in [0.2, 0.25) is 0 Å². The zero-order chi connectivity index (χ0) is 16.1. The fourth-order valence-electron chi connectivity index (χ4n) is 2.29. The summed E-state index contributed by atoms with van der Waals surface area (Å²) in [6.45, 7) is -1.77. The summed E-state index contributed by atoms with van der Waals surface area (Å²) < 4.78 is 26.7. The second-order valence-electron chi connectivity index (χ2n) is 4.92. The molecule has 2 unspecified atom stereocenters. The Balaban J connectivity index is 2.29. The highest BCUT2D eigenvalue weighted by Gasteiger charge is 2.29. The third-order valence-electron chi connectivity index (χ3n) is 3.54. The predicted molar refractivity (Wildman–Crippen MR) is 85.3 cm³/mol. The van der Waals surface area contributed by atoms with E-state index in [2.05, 4.69) is 0 Å². The lowest BCUT2D eigenvalue weighted by Gasteiger charge is -2.19. The molecule has 0 aliphatic carbocycles. The summed E-state index contributed by atoms with van der Waals surface area (Å²) in [6, 6.07) is 12.7. The van der Waals surface area contributed by atoms with Gasteiger partial charge in [0, 0.05) is 10.0 Å². The van der Waals surface area contributed by atoms with E-state index in [0.29, 0.717) is 21.2 Å². The molecule has 2 aromatic rings. The van der Waals surface area contributed by atoms with Crippen molar-refractivity contribution < 1.29 is 13.6 Å². The van der Waals surface area contributed by atoms with Crippen LogP contribution in [0.15, 0.2) is 48.5 Å². The van der Waals surface area contributed by atoms with Crippen LogP contribution in [-0.4, -0.2) is 19.1 Å². The Kier molecular flexibility index (Phi) is 5.92. The highest BCUT2D eigenvalue weighted by molar-refractivity contribution is 6.30. The van der Waals surface area contributed by atoms with Crippen molar-refractivity contribution in [2.45, 2.75) is 11.8 Å². The number of alkyl halides is 2. The molecule has 2 atom stereocenters. The average Bonchev–Trinajstić information content (AvgIpc) is 2.52. The number of ketones is 1. The SMILES string of the molecule is O=C(C(CF)c1ccc(Cl)cc1)C(CF)c1ccc(Cl)cc1.